The van der Waals surface area contributed by atoms with Crippen LogP contribution in [0.15, 0.2) is 0 Å². The molecule has 0 rings (SSSR count). The predicted molar refractivity (Wildman–Crippen MR) is 227 cm³/mol. The molecule has 49 heavy (non-hydrogen) atoms. The summed E-state index contributed by atoms with van der Waals surface area (Å²) in [6.07, 6.45) is 58.7. The van der Waals surface area contributed by atoms with Crippen molar-refractivity contribution < 1.29 is 4.48 Å². The van der Waals surface area contributed by atoms with Crippen LogP contribution >= 0.6 is 0 Å². The lowest BCUT2D eigenvalue weighted by Gasteiger charge is -2.40. The quantitative estimate of drug-likeness (QED) is 0.0441. The molecule has 0 aliphatic heterocycles. The summed E-state index contributed by atoms with van der Waals surface area (Å²) in [5.74, 6) is 0. The lowest BCUT2D eigenvalue weighted by atomic mass is 10.0. The lowest BCUT2D eigenvalue weighted by Crippen LogP contribution is -2.50. The van der Waals surface area contributed by atoms with Crippen LogP contribution in [0.4, 0.5) is 0 Å². The number of unbranched alkanes of at least 4 members (excludes halogenated alkanes) is 36. The van der Waals surface area contributed by atoms with Crippen molar-refractivity contribution in [1.82, 2.24) is 0 Å². The fourth-order valence-corrected chi connectivity index (χ4v) is 8.41. The Labute approximate surface area is 314 Å². The normalized spacial score (nSPS) is 12.0. The smallest absolute Gasteiger partial charge is 0.0786 e. The fourth-order valence-electron chi connectivity index (χ4n) is 8.41. The summed E-state index contributed by atoms with van der Waals surface area (Å²) in [5.41, 5.74) is 0. The van der Waals surface area contributed by atoms with Crippen LogP contribution in [0.3, 0.4) is 0 Å². The van der Waals surface area contributed by atoms with E-state index >= 15 is 0 Å². The van der Waals surface area contributed by atoms with Crippen LogP contribution in [0.5, 0.6) is 0 Å². The van der Waals surface area contributed by atoms with Gasteiger partial charge in [-0.3, -0.25) is 0 Å². The van der Waals surface area contributed by atoms with E-state index in [4.69, 9.17) is 0 Å². The van der Waals surface area contributed by atoms with Gasteiger partial charge in [0, 0.05) is 0 Å². The molecule has 0 amide bonds. The molecule has 0 saturated carbocycles. The van der Waals surface area contributed by atoms with Crippen molar-refractivity contribution in [2.45, 2.75) is 285 Å². The molecule has 0 aromatic carbocycles. The second kappa shape index (κ2) is 42.4. The van der Waals surface area contributed by atoms with Gasteiger partial charge in [0.15, 0.2) is 0 Å². The zero-order valence-corrected chi connectivity index (χ0v) is 35.6. The van der Waals surface area contributed by atoms with Crippen LogP contribution in [0, 0.1) is 0 Å². The summed E-state index contributed by atoms with van der Waals surface area (Å²) in [6.45, 7) is 15.3. The Kier molecular flexibility index (Phi) is 42.3. The molecule has 1 heteroatoms. The van der Waals surface area contributed by atoms with Gasteiger partial charge in [0.2, 0.25) is 0 Å². The third-order valence-electron chi connectivity index (χ3n) is 11.9. The van der Waals surface area contributed by atoms with Crippen molar-refractivity contribution in [3.8, 4) is 0 Å². The molecule has 0 atom stereocenters. The second-order valence-corrected chi connectivity index (χ2v) is 17.0. The lowest BCUT2D eigenvalue weighted by molar-refractivity contribution is -0.929. The monoisotopic (exact) mass is 691 g/mol. The summed E-state index contributed by atoms with van der Waals surface area (Å²) < 4.78 is 1.49. The molecule has 0 unspecified atom stereocenters. The molecule has 0 heterocycles. The van der Waals surface area contributed by atoms with Gasteiger partial charge in [-0.1, -0.05) is 233 Å². The average molecular weight is 691 g/mol. The van der Waals surface area contributed by atoms with Crippen LogP contribution in [0.1, 0.15) is 285 Å². The van der Waals surface area contributed by atoms with E-state index in [1.54, 1.807) is 0 Å². The van der Waals surface area contributed by atoms with E-state index in [0.717, 1.165) is 0 Å². The second-order valence-electron chi connectivity index (χ2n) is 17.0. The zero-order valence-electron chi connectivity index (χ0n) is 35.6. The summed E-state index contributed by atoms with van der Waals surface area (Å²) in [6, 6.07) is 0. The average Bonchev–Trinajstić information content (AvgIpc) is 3.11. The number of nitrogens with zero attached hydrogens (tertiary/aromatic N) is 1. The number of hydrogen-bond acceptors (Lipinski definition) is 0. The minimum absolute atomic E-state index is 1.37. The van der Waals surface area contributed by atoms with Crippen molar-refractivity contribution in [2.24, 2.45) is 0 Å². The van der Waals surface area contributed by atoms with E-state index in [1.807, 2.05) is 0 Å². The van der Waals surface area contributed by atoms with Gasteiger partial charge in [0.1, 0.15) is 0 Å². The Balaban J connectivity index is 4.79. The molecule has 0 fully saturated rings. The molecule has 0 aliphatic carbocycles. The van der Waals surface area contributed by atoms with Gasteiger partial charge < -0.3 is 4.48 Å². The van der Waals surface area contributed by atoms with E-state index < -0.39 is 0 Å². The molecule has 0 radical (unpaired) electrons. The summed E-state index contributed by atoms with van der Waals surface area (Å²) >= 11 is 0. The van der Waals surface area contributed by atoms with Crippen molar-refractivity contribution >= 4 is 0 Å². The van der Waals surface area contributed by atoms with E-state index in [9.17, 15) is 0 Å². The maximum Gasteiger partial charge on any atom is 0.0786 e. The van der Waals surface area contributed by atoms with Gasteiger partial charge in [-0.05, 0) is 51.4 Å². The minimum Gasteiger partial charge on any atom is -0.324 e. The summed E-state index contributed by atoms with van der Waals surface area (Å²) in [5, 5.41) is 0. The highest BCUT2D eigenvalue weighted by Gasteiger charge is 2.25. The highest BCUT2D eigenvalue weighted by Crippen LogP contribution is 2.22. The van der Waals surface area contributed by atoms with Gasteiger partial charge in [0.25, 0.3) is 0 Å². The zero-order chi connectivity index (χ0) is 35.6. The van der Waals surface area contributed by atoms with Crippen LogP contribution in [-0.4, -0.2) is 30.7 Å². The third-order valence-corrected chi connectivity index (χ3v) is 11.9. The first-order valence-electron chi connectivity index (χ1n) is 24.1. The molecule has 0 saturated heterocycles. The molecule has 0 aromatic heterocycles. The first-order valence-corrected chi connectivity index (χ1v) is 24.1. The summed E-state index contributed by atoms with van der Waals surface area (Å²) in [4.78, 5) is 0. The first-order chi connectivity index (χ1) is 24.2. The van der Waals surface area contributed by atoms with E-state index in [1.165, 1.54) is 287 Å². The number of quaternary nitrogens is 1. The van der Waals surface area contributed by atoms with Crippen LogP contribution in [0.2, 0.25) is 0 Å². The van der Waals surface area contributed by atoms with Crippen molar-refractivity contribution in [1.29, 1.82) is 0 Å². The van der Waals surface area contributed by atoms with E-state index in [2.05, 4.69) is 27.7 Å². The number of rotatable bonds is 44. The Morgan fingerprint density at radius 1 is 0.163 bits per heavy atom. The predicted octanol–water partition coefficient (Wildman–Crippen LogP) is 17.5. The van der Waals surface area contributed by atoms with Crippen LogP contribution in [0.25, 0.3) is 0 Å². The number of hydrogen-bond donors (Lipinski definition) is 0. The molecule has 0 spiro atoms. The topological polar surface area (TPSA) is 0 Å². The highest BCUT2D eigenvalue weighted by molar-refractivity contribution is 4.56. The Morgan fingerprint density at radius 2 is 0.286 bits per heavy atom. The van der Waals surface area contributed by atoms with Gasteiger partial charge >= 0.3 is 0 Å². The molecular formula is C48H100N+. The van der Waals surface area contributed by atoms with Crippen LogP contribution < -0.4 is 0 Å². The molecule has 0 aliphatic rings. The Morgan fingerprint density at radius 3 is 0.429 bits per heavy atom. The van der Waals surface area contributed by atoms with E-state index in [-0.39, 0.29) is 0 Å². The maximum absolute atomic E-state index is 2.34. The van der Waals surface area contributed by atoms with Gasteiger partial charge in [0.05, 0.1) is 26.2 Å². The molecule has 0 aromatic rings. The molecule has 0 bridgehead atoms. The largest absolute Gasteiger partial charge is 0.324 e. The van der Waals surface area contributed by atoms with Gasteiger partial charge in [-0.25, -0.2) is 0 Å². The van der Waals surface area contributed by atoms with Crippen molar-refractivity contribution in [3.05, 3.63) is 0 Å². The Hall–Kier alpha value is -0.0400. The SMILES string of the molecule is CCCCCCCCCCCCCC[N+](CCCCCCCCCC)(CCCCCCCCCC)CCCCCCCCCCCCCC. The Bertz CT molecular complexity index is 519. The standard InChI is InChI=1S/C48H100N/c1-5-9-13-17-21-25-27-29-31-35-39-43-47-49(45-41-37-33-23-19-15-11-7-3,46-42-38-34-24-20-16-12-8-4)48-44-40-36-32-30-28-26-22-18-14-10-6-2/h5-48H2,1-4H3/q+1. The molecular weight excluding hydrogens is 591 g/mol. The van der Waals surface area contributed by atoms with Crippen molar-refractivity contribution in [3.63, 3.8) is 0 Å². The van der Waals surface area contributed by atoms with Crippen LogP contribution in [-0.2, 0) is 0 Å². The summed E-state index contributed by atoms with van der Waals surface area (Å²) in [7, 11) is 0. The maximum atomic E-state index is 2.34. The minimum atomic E-state index is 1.37. The van der Waals surface area contributed by atoms with Gasteiger partial charge in [-0.2, -0.15) is 0 Å². The molecule has 1 nitrogen and oxygen atoms in total. The molecule has 0 N–H and O–H groups in total. The third kappa shape index (κ3) is 37.5. The molecule has 296 valence electrons. The highest BCUT2D eigenvalue weighted by atomic mass is 15.3. The fraction of sp³-hybridized carbons (Fsp3) is 1.00. The van der Waals surface area contributed by atoms with E-state index in [0.29, 0.717) is 0 Å². The van der Waals surface area contributed by atoms with Crippen molar-refractivity contribution in [2.75, 3.05) is 26.2 Å². The first kappa shape index (κ1) is 49.0. The van der Waals surface area contributed by atoms with Gasteiger partial charge in [-0.15, -0.1) is 0 Å².